The molecule has 1 saturated heterocycles. The molecule has 0 N–H and O–H groups in total. The van der Waals surface area contributed by atoms with Crippen molar-refractivity contribution in [2.24, 2.45) is 11.8 Å². The van der Waals surface area contributed by atoms with Crippen LogP contribution in [0.5, 0.6) is 0 Å². The molecule has 1 aliphatic heterocycles. The lowest BCUT2D eigenvalue weighted by molar-refractivity contribution is -0.137. The Morgan fingerprint density at radius 2 is 1.94 bits per heavy atom. The second-order valence-corrected chi connectivity index (χ2v) is 4.98. The van der Waals surface area contributed by atoms with Crippen molar-refractivity contribution < 1.29 is 9.18 Å². The summed E-state index contributed by atoms with van der Waals surface area (Å²) in [6.45, 7) is 5.48. The van der Waals surface area contributed by atoms with Gasteiger partial charge in [0.15, 0.2) is 0 Å². The molecule has 2 fully saturated rings. The molecular weight excluding hydrogens is 207 g/mol. The van der Waals surface area contributed by atoms with Crippen LogP contribution in [0, 0.1) is 11.8 Å². The Hall–Kier alpha value is -0.640. The largest absolute Gasteiger partial charge is 0.340 e. The fraction of sp³-hybridized carbons (Fsp3) is 0.917. The fourth-order valence-electron chi connectivity index (χ4n) is 2.40. The molecule has 1 aliphatic carbocycles. The van der Waals surface area contributed by atoms with Crippen LogP contribution in [0.25, 0.3) is 0 Å². The minimum atomic E-state index is -0.285. The number of hydrogen-bond acceptors (Lipinski definition) is 2. The average molecular weight is 228 g/mol. The van der Waals surface area contributed by atoms with Crippen molar-refractivity contribution in [2.45, 2.75) is 19.8 Å². The Balaban J connectivity index is 1.77. The molecule has 0 bridgehead atoms. The van der Waals surface area contributed by atoms with Gasteiger partial charge in [0.2, 0.25) is 5.91 Å². The molecule has 2 aliphatic rings. The first kappa shape index (κ1) is 11.8. The number of alkyl halides is 1. The van der Waals surface area contributed by atoms with E-state index in [9.17, 15) is 9.18 Å². The van der Waals surface area contributed by atoms with Crippen molar-refractivity contribution in [1.29, 1.82) is 0 Å². The molecule has 1 unspecified atom stereocenters. The lowest BCUT2D eigenvalue weighted by atomic mass is 10.0. The van der Waals surface area contributed by atoms with Gasteiger partial charge in [-0.3, -0.25) is 9.69 Å². The maximum Gasteiger partial charge on any atom is 0.225 e. The van der Waals surface area contributed by atoms with Gasteiger partial charge in [0.05, 0.1) is 0 Å². The van der Waals surface area contributed by atoms with Crippen LogP contribution in [-0.2, 0) is 4.79 Å². The van der Waals surface area contributed by atoms with Gasteiger partial charge in [-0.2, -0.15) is 0 Å². The van der Waals surface area contributed by atoms with E-state index in [2.05, 4.69) is 4.90 Å². The normalized spacial score (nSPS) is 24.5. The molecule has 0 aromatic heterocycles. The van der Waals surface area contributed by atoms with Crippen LogP contribution in [0.15, 0.2) is 0 Å². The number of hydrogen-bond donors (Lipinski definition) is 0. The molecule has 3 nitrogen and oxygen atoms in total. The van der Waals surface area contributed by atoms with Gasteiger partial charge in [0, 0.05) is 38.6 Å². The smallest absolute Gasteiger partial charge is 0.225 e. The van der Waals surface area contributed by atoms with Gasteiger partial charge >= 0.3 is 0 Å². The third-order valence-electron chi connectivity index (χ3n) is 3.80. The first-order valence-electron chi connectivity index (χ1n) is 6.29. The first-order chi connectivity index (χ1) is 7.72. The van der Waals surface area contributed by atoms with E-state index in [1.165, 1.54) is 12.8 Å². The van der Waals surface area contributed by atoms with Gasteiger partial charge < -0.3 is 4.90 Å². The van der Waals surface area contributed by atoms with Crippen molar-refractivity contribution in [1.82, 2.24) is 9.80 Å². The van der Waals surface area contributed by atoms with Gasteiger partial charge in [0.25, 0.3) is 0 Å². The van der Waals surface area contributed by atoms with Crippen LogP contribution in [0.4, 0.5) is 4.39 Å². The summed E-state index contributed by atoms with van der Waals surface area (Å²) >= 11 is 0. The van der Waals surface area contributed by atoms with Crippen LogP contribution in [0.1, 0.15) is 19.8 Å². The zero-order chi connectivity index (χ0) is 11.5. The number of piperazine rings is 1. The van der Waals surface area contributed by atoms with Gasteiger partial charge in [-0.05, 0) is 18.8 Å². The lowest BCUT2D eigenvalue weighted by Crippen LogP contribution is -2.50. The third kappa shape index (κ3) is 2.73. The summed E-state index contributed by atoms with van der Waals surface area (Å²) in [4.78, 5) is 16.1. The zero-order valence-corrected chi connectivity index (χ0v) is 9.99. The second kappa shape index (κ2) is 5.13. The molecule has 1 heterocycles. The Labute approximate surface area is 96.6 Å². The number of carbonyl (C=O) groups excluding carboxylic acids is 1. The maximum absolute atomic E-state index is 12.2. The topological polar surface area (TPSA) is 23.6 Å². The first-order valence-corrected chi connectivity index (χ1v) is 6.29. The van der Waals surface area contributed by atoms with Crippen LogP contribution >= 0.6 is 0 Å². The predicted octanol–water partition coefficient (Wildman–Crippen LogP) is 1.15. The number of amides is 1. The van der Waals surface area contributed by atoms with Crippen LogP contribution in [-0.4, -0.2) is 55.1 Å². The fourth-order valence-corrected chi connectivity index (χ4v) is 2.40. The zero-order valence-electron chi connectivity index (χ0n) is 9.99. The van der Waals surface area contributed by atoms with Gasteiger partial charge in [0.1, 0.15) is 6.67 Å². The second-order valence-electron chi connectivity index (χ2n) is 4.98. The van der Waals surface area contributed by atoms with Crippen molar-refractivity contribution in [2.75, 3.05) is 39.4 Å². The Morgan fingerprint density at radius 1 is 1.31 bits per heavy atom. The minimum Gasteiger partial charge on any atom is -0.340 e. The van der Waals surface area contributed by atoms with Crippen molar-refractivity contribution in [3.05, 3.63) is 0 Å². The van der Waals surface area contributed by atoms with Crippen LogP contribution in [0.2, 0.25) is 0 Å². The van der Waals surface area contributed by atoms with Crippen LogP contribution < -0.4 is 0 Å². The molecule has 4 heteroatoms. The van der Waals surface area contributed by atoms with E-state index in [4.69, 9.17) is 0 Å². The maximum atomic E-state index is 12.2. The van der Waals surface area contributed by atoms with Gasteiger partial charge in [-0.15, -0.1) is 0 Å². The summed E-state index contributed by atoms with van der Waals surface area (Å²) in [5, 5.41) is 0. The van der Waals surface area contributed by atoms with E-state index in [-0.39, 0.29) is 12.6 Å². The monoisotopic (exact) mass is 228 g/mol. The summed E-state index contributed by atoms with van der Waals surface area (Å²) < 4.78 is 12.2. The summed E-state index contributed by atoms with van der Waals surface area (Å²) in [6.07, 6.45) is 2.43. The molecule has 0 spiro atoms. The molecule has 2 rings (SSSR count). The number of nitrogens with zero attached hydrogens (tertiary/aromatic N) is 2. The number of halogens is 1. The molecule has 1 amide bonds. The van der Waals surface area contributed by atoms with E-state index in [1.54, 1.807) is 0 Å². The van der Waals surface area contributed by atoms with E-state index >= 15 is 0 Å². The third-order valence-corrected chi connectivity index (χ3v) is 3.80. The quantitative estimate of drug-likeness (QED) is 0.720. The number of rotatable bonds is 4. The Morgan fingerprint density at radius 3 is 2.44 bits per heavy atom. The van der Waals surface area contributed by atoms with Gasteiger partial charge in [-0.1, -0.05) is 6.92 Å². The molecule has 0 radical (unpaired) electrons. The SMILES string of the molecule is CC(C(=O)N1CCN(CCF)CC1)C1CC1. The van der Waals surface area contributed by atoms with Crippen molar-refractivity contribution in [3.63, 3.8) is 0 Å². The highest BCUT2D eigenvalue weighted by molar-refractivity contribution is 5.79. The highest BCUT2D eigenvalue weighted by Crippen LogP contribution is 2.37. The molecule has 1 saturated carbocycles. The van der Waals surface area contributed by atoms with Crippen molar-refractivity contribution >= 4 is 5.91 Å². The van der Waals surface area contributed by atoms with E-state index in [0.29, 0.717) is 18.4 Å². The predicted molar refractivity (Wildman–Crippen MR) is 60.9 cm³/mol. The number of carbonyl (C=O) groups is 1. The van der Waals surface area contributed by atoms with E-state index < -0.39 is 0 Å². The summed E-state index contributed by atoms with van der Waals surface area (Å²) in [6, 6.07) is 0. The standard InChI is InChI=1S/C12H21FN2O/c1-10(11-2-3-11)12(16)15-8-6-14(5-4-13)7-9-15/h10-11H,2-9H2,1H3. The summed E-state index contributed by atoms with van der Waals surface area (Å²) in [5.41, 5.74) is 0. The highest BCUT2D eigenvalue weighted by atomic mass is 19.1. The molecule has 92 valence electrons. The molecule has 16 heavy (non-hydrogen) atoms. The minimum absolute atomic E-state index is 0.202. The Bertz CT molecular complexity index is 247. The highest BCUT2D eigenvalue weighted by Gasteiger charge is 2.35. The van der Waals surface area contributed by atoms with Gasteiger partial charge in [-0.25, -0.2) is 4.39 Å². The molecule has 0 aromatic carbocycles. The Kier molecular flexibility index (Phi) is 3.79. The lowest BCUT2D eigenvalue weighted by Gasteiger charge is -2.35. The summed E-state index contributed by atoms with van der Waals surface area (Å²) in [7, 11) is 0. The van der Waals surface area contributed by atoms with Crippen molar-refractivity contribution in [3.8, 4) is 0 Å². The van der Waals surface area contributed by atoms with Crippen LogP contribution in [0.3, 0.4) is 0 Å². The summed E-state index contributed by atoms with van der Waals surface area (Å²) in [5.74, 6) is 1.14. The van der Waals surface area contributed by atoms with E-state index in [1.807, 2.05) is 11.8 Å². The van der Waals surface area contributed by atoms with E-state index in [0.717, 1.165) is 26.2 Å². The molecule has 0 aromatic rings. The molecule has 1 atom stereocenters. The average Bonchev–Trinajstić information content (AvgIpc) is 3.12. The molecular formula is C12H21FN2O.